The monoisotopic (exact) mass is 540 g/mol. The van der Waals surface area contributed by atoms with Gasteiger partial charge in [0.15, 0.2) is 0 Å². The first-order valence-corrected chi connectivity index (χ1v) is 16.0. The van der Waals surface area contributed by atoms with Gasteiger partial charge in [-0.25, -0.2) is 0 Å². The first-order valence-electron chi connectivity index (χ1n) is 16.0. The molecule has 0 aromatic heterocycles. The van der Waals surface area contributed by atoms with Crippen molar-refractivity contribution in [2.75, 3.05) is 0 Å². The largest absolute Gasteiger partial charge is 0.481 e. The van der Waals surface area contributed by atoms with E-state index in [9.17, 15) is 9.59 Å². The minimum absolute atomic E-state index is 0.0350. The molecule has 0 heterocycles. The lowest BCUT2D eigenvalue weighted by atomic mass is 9.29. The predicted octanol–water partition coefficient (Wildman–Crippen LogP) is 8.83. The van der Waals surface area contributed by atoms with E-state index in [-0.39, 0.29) is 35.7 Å². The molecule has 0 radical (unpaired) electrons. The minimum atomic E-state index is -0.943. The third-order valence-corrected chi connectivity index (χ3v) is 15.0. The van der Waals surface area contributed by atoms with E-state index in [2.05, 4.69) is 62.0 Å². The van der Waals surface area contributed by atoms with Gasteiger partial charge >= 0.3 is 11.9 Å². The molecule has 5 aliphatic rings. The van der Waals surface area contributed by atoms with Crippen LogP contribution in [0.25, 0.3) is 0 Å². The van der Waals surface area contributed by atoms with Crippen LogP contribution in [0.3, 0.4) is 0 Å². The summed E-state index contributed by atoms with van der Waals surface area (Å²) in [6, 6.07) is 0. The highest BCUT2D eigenvalue weighted by atomic mass is 16.5. The van der Waals surface area contributed by atoms with E-state index in [1.54, 1.807) is 0 Å². The standard InChI is InChI=1S/C35H56O4/c1-22(2)23-12-16-31(5)20-21-35(9)33(7)18-13-24-30(3,4)26(39-28(38)11-10-27(36)37)15-17-32(24,6)25(33)14-19-34(35,8)29(23)31/h23-26,29H,1,10-21H2,2-9H3,(H,36,37). The number of aliphatic carboxylic acids is 1. The highest BCUT2D eigenvalue weighted by molar-refractivity contribution is 5.76. The summed E-state index contributed by atoms with van der Waals surface area (Å²) in [5.74, 6) is 1.29. The van der Waals surface area contributed by atoms with Crippen molar-refractivity contribution >= 4 is 11.9 Å². The molecule has 10 unspecified atom stereocenters. The molecule has 5 aliphatic carbocycles. The Labute approximate surface area is 238 Å². The lowest BCUT2D eigenvalue weighted by molar-refractivity contribution is -0.277. The summed E-state index contributed by atoms with van der Waals surface area (Å²) < 4.78 is 6.02. The summed E-state index contributed by atoms with van der Waals surface area (Å²) in [5.41, 5.74) is 2.92. The van der Waals surface area contributed by atoms with Gasteiger partial charge < -0.3 is 9.84 Å². The van der Waals surface area contributed by atoms with Gasteiger partial charge in [0.05, 0.1) is 12.8 Å². The smallest absolute Gasteiger partial charge is 0.306 e. The number of hydrogen-bond donors (Lipinski definition) is 1. The summed E-state index contributed by atoms with van der Waals surface area (Å²) in [7, 11) is 0. The number of rotatable bonds is 5. The van der Waals surface area contributed by atoms with Crippen molar-refractivity contribution in [2.24, 2.45) is 56.2 Å². The molecule has 220 valence electrons. The molecule has 0 aromatic rings. The van der Waals surface area contributed by atoms with Crippen LogP contribution in [0.2, 0.25) is 0 Å². The van der Waals surface area contributed by atoms with Gasteiger partial charge in [-0.05, 0) is 122 Å². The van der Waals surface area contributed by atoms with Crippen molar-refractivity contribution in [3.63, 3.8) is 0 Å². The Kier molecular flexibility index (Phi) is 6.80. The van der Waals surface area contributed by atoms with Gasteiger partial charge in [-0.2, -0.15) is 0 Å². The number of ether oxygens (including phenoxy) is 1. The molecule has 5 saturated carbocycles. The summed E-state index contributed by atoms with van der Waals surface area (Å²) in [6.07, 6.45) is 12.1. The number of carboxylic acids is 1. The van der Waals surface area contributed by atoms with E-state index in [1.165, 1.54) is 56.9 Å². The van der Waals surface area contributed by atoms with Crippen molar-refractivity contribution in [3.8, 4) is 0 Å². The minimum Gasteiger partial charge on any atom is -0.481 e. The normalized spacial score (nSPS) is 50.1. The zero-order chi connectivity index (χ0) is 28.8. The third kappa shape index (κ3) is 3.88. The van der Waals surface area contributed by atoms with E-state index in [4.69, 9.17) is 9.84 Å². The quantitative estimate of drug-likeness (QED) is 0.279. The molecular formula is C35H56O4. The van der Waals surface area contributed by atoms with Crippen LogP contribution >= 0.6 is 0 Å². The molecule has 0 amide bonds. The summed E-state index contributed by atoms with van der Waals surface area (Å²) in [5, 5.41) is 9.01. The zero-order valence-corrected chi connectivity index (χ0v) is 26.3. The van der Waals surface area contributed by atoms with Crippen molar-refractivity contribution < 1.29 is 19.4 Å². The lowest BCUT2D eigenvalue weighted by Gasteiger charge is -2.76. The first kappa shape index (κ1) is 29.2. The summed E-state index contributed by atoms with van der Waals surface area (Å²) >= 11 is 0. The van der Waals surface area contributed by atoms with Crippen LogP contribution in [0, 0.1) is 56.2 Å². The number of allylic oxidation sites excluding steroid dienone is 1. The second-order valence-electron chi connectivity index (χ2n) is 16.7. The van der Waals surface area contributed by atoms with E-state index in [0.29, 0.717) is 39.4 Å². The summed E-state index contributed by atoms with van der Waals surface area (Å²) in [6.45, 7) is 24.7. The molecule has 0 aliphatic heterocycles. The Bertz CT molecular complexity index is 1050. The highest BCUT2D eigenvalue weighted by Gasteiger charge is 2.74. The van der Waals surface area contributed by atoms with Gasteiger partial charge in [0.2, 0.25) is 0 Å². The van der Waals surface area contributed by atoms with Gasteiger partial charge in [-0.1, -0.05) is 60.6 Å². The van der Waals surface area contributed by atoms with Gasteiger partial charge in [0.1, 0.15) is 6.10 Å². The maximum Gasteiger partial charge on any atom is 0.306 e. The molecule has 39 heavy (non-hydrogen) atoms. The molecule has 0 bridgehead atoms. The van der Waals surface area contributed by atoms with Crippen LogP contribution in [0.5, 0.6) is 0 Å². The van der Waals surface area contributed by atoms with Crippen LogP contribution in [0.1, 0.15) is 132 Å². The SMILES string of the molecule is C=C(C)C1CCC2(C)CCC3(C)C(C)(CCC4C5(C)CCC(OC(=O)CCC(=O)O)C(C)(C)C5CCC43C)C12. The average molecular weight is 541 g/mol. The zero-order valence-electron chi connectivity index (χ0n) is 26.3. The Morgan fingerprint density at radius 2 is 1.44 bits per heavy atom. The molecule has 5 rings (SSSR count). The van der Waals surface area contributed by atoms with Gasteiger partial charge in [-0.15, -0.1) is 0 Å². The number of esters is 1. The first-order chi connectivity index (χ1) is 18.0. The number of fused-ring (bicyclic) bond motifs is 7. The maximum absolute atomic E-state index is 12.6. The lowest BCUT2D eigenvalue weighted by Crippen LogP contribution is -2.69. The number of hydrogen-bond acceptors (Lipinski definition) is 3. The average Bonchev–Trinajstić information content (AvgIpc) is 3.20. The molecule has 10 atom stereocenters. The van der Waals surface area contributed by atoms with E-state index >= 15 is 0 Å². The molecule has 4 heteroatoms. The fraction of sp³-hybridized carbons (Fsp3) is 0.886. The number of carbonyl (C=O) groups excluding carboxylic acids is 1. The van der Waals surface area contributed by atoms with E-state index < -0.39 is 5.97 Å². The summed E-state index contributed by atoms with van der Waals surface area (Å²) in [4.78, 5) is 23.5. The van der Waals surface area contributed by atoms with Crippen LogP contribution in [0.15, 0.2) is 12.2 Å². The topological polar surface area (TPSA) is 63.6 Å². The predicted molar refractivity (Wildman–Crippen MR) is 156 cm³/mol. The number of carbonyl (C=O) groups is 2. The Morgan fingerprint density at radius 1 is 0.795 bits per heavy atom. The van der Waals surface area contributed by atoms with Crippen LogP contribution < -0.4 is 0 Å². The second kappa shape index (κ2) is 9.09. The number of carboxylic acid groups (broad SMARTS) is 1. The maximum atomic E-state index is 12.6. The van der Waals surface area contributed by atoms with Crippen molar-refractivity contribution in [1.29, 1.82) is 0 Å². The molecule has 1 N–H and O–H groups in total. The van der Waals surface area contributed by atoms with E-state index in [1.807, 2.05) is 0 Å². The fourth-order valence-corrected chi connectivity index (χ4v) is 12.8. The molecule has 0 saturated heterocycles. The molecule has 0 aromatic carbocycles. The van der Waals surface area contributed by atoms with Gasteiger partial charge in [-0.3, -0.25) is 9.59 Å². The molecular weight excluding hydrogens is 484 g/mol. The van der Waals surface area contributed by atoms with Gasteiger partial charge in [0, 0.05) is 5.41 Å². The van der Waals surface area contributed by atoms with Crippen molar-refractivity contribution in [3.05, 3.63) is 12.2 Å². The Hall–Kier alpha value is -1.32. The van der Waals surface area contributed by atoms with Crippen molar-refractivity contribution in [2.45, 2.75) is 139 Å². The van der Waals surface area contributed by atoms with Gasteiger partial charge in [0.25, 0.3) is 0 Å². The van der Waals surface area contributed by atoms with Crippen LogP contribution in [-0.4, -0.2) is 23.1 Å². The van der Waals surface area contributed by atoms with Crippen LogP contribution in [-0.2, 0) is 14.3 Å². The van der Waals surface area contributed by atoms with E-state index in [0.717, 1.165) is 18.8 Å². The fourth-order valence-electron chi connectivity index (χ4n) is 12.8. The Morgan fingerprint density at radius 3 is 2.08 bits per heavy atom. The second-order valence-corrected chi connectivity index (χ2v) is 16.7. The molecule has 5 fully saturated rings. The third-order valence-electron chi connectivity index (χ3n) is 15.0. The van der Waals surface area contributed by atoms with Crippen molar-refractivity contribution in [1.82, 2.24) is 0 Å². The van der Waals surface area contributed by atoms with Crippen LogP contribution in [0.4, 0.5) is 0 Å². The Balaban J connectivity index is 1.45. The molecule has 4 nitrogen and oxygen atoms in total. The highest BCUT2D eigenvalue weighted by Crippen LogP contribution is 2.81. The molecule has 0 spiro atoms.